The molecule has 0 radical (unpaired) electrons. The van der Waals surface area contributed by atoms with Crippen molar-refractivity contribution in [2.75, 3.05) is 19.8 Å². The summed E-state index contributed by atoms with van der Waals surface area (Å²) in [6, 6.07) is 22.3. The molecule has 0 saturated carbocycles. The van der Waals surface area contributed by atoms with E-state index in [2.05, 4.69) is 24.3 Å². The van der Waals surface area contributed by atoms with Gasteiger partial charge in [-0.15, -0.1) is 0 Å². The van der Waals surface area contributed by atoms with Gasteiger partial charge in [0.15, 0.2) is 0 Å². The fourth-order valence-corrected chi connectivity index (χ4v) is 2.64. The van der Waals surface area contributed by atoms with Gasteiger partial charge in [-0.05, 0) is 66.9 Å². The minimum atomic E-state index is 0.678. The highest BCUT2D eigenvalue weighted by Crippen LogP contribution is 2.21. The van der Waals surface area contributed by atoms with Crippen LogP contribution < -0.4 is 14.2 Å². The van der Waals surface area contributed by atoms with Gasteiger partial charge in [0.1, 0.15) is 17.2 Å². The van der Waals surface area contributed by atoms with Gasteiger partial charge < -0.3 is 14.2 Å². The van der Waals surface area contributed by atoms with E-state index < -0.39 is 0 Å². The van der Waals surface area contributed by atoms with Gasteiger partial charge in [-0.25, -0.2) is 0 Å². The van der Waals surface area contributed by atoms with Crippen LogP contribution in [0.3, 0.4) is 0 Å². The summed E-state index contributed by atoms with van der Waals surface area (Å²) in [5.41, 5.74) is 0. The first kappa shape index (κ1) is 17.2. The predicted molar refractivity (Wildman–Crippen MR) is 102 cm³/mol. The van der Waals surface area contributed by atoms with Crippen LogP contribution in [0.15, 0.2) is 66.7 Å². The number of fused-ring (bicyclic) bond motifs is 1. The third-order valence-electron chi connectivity index (χ3n) is 3.93. The highest BCUT2D eigenvalue weighted by atomic mass is 16.5. The summed E-state index contributed by atoms with van der Waals surface area (Å²) in [4.78, 5) is 0. The normalized spacial score (nSPS) is 10.6. The molecule has 0 heterocycles. The Labute approximate surface area is 149 Å². The number of rotatable bonds is 9. The van der Waals surface area contributed by atoms with Gasteiger partial charge in [0.25, 0.3) is 0 Å². The molecule has 0 amide bonds. The van der Waals surface area contributed by atoms with Crippen molar-refractivity contribution in [3.8, 4) is 17.2 Å². The van der Waals surface area contributed by atoms with E-state index in [1.54, 1.807) is 0 Å². The van der Waals surface area contributed by atoms with Crippen molar-refractivity contribution in [1.29, 1.82) is 0 Å². The molecule has 3 aromatic carbocycles. The average molecular weight is 336 g/mol. The van der Waals surface area contributed by atoms with Gasteiger partial charge in [-0.3, -0.25) is 0 Å². The van der Waals surface area contributed by atoms with Gasteiger partial charge >= 0.3 is 0 Å². The highest BCUT2D eigenvalue weighted by Gasteiger charge is 1.99. The van der Waals surface area contributed by atoms with E-state index in [1.165, 1.54) is 10.8 Å². The molecule has 0 atom stereocenters. The Bertz CT molecular complexity index is 781. The SMILES string of the molecule is CCOc1ccc(OCCCCOc2ccc3ccccc3c2)cc1. The van der Waals surface area contributed by atoms with Gasteiger partial charge in [-0.1, -0.05) is 30.3 Å². The molecule has 0 N–H and O–H groups in total. The van der Waals surface area contributed by atoms with E-state index in [4.69, 9.17) is 14.2 Å². The topological polar surface area (TPSA) is 27.7 Å². The summed E-state index contributed by atoms with van der Waals surface area (Å²) in [6.45, 7) is 4.04. The zero-order valence-corrected chi connectivity index (χ0v) is 14.6. The zero-order chi connectivity index (χ0) is 17.3. The first-order valence-electron chi connectivity index (χ1n) is 8.82. The third-order valence-corrected chi connectivity index (χ3v) is 3.93. The lowest BCUT2D eigenvalue weighted by Crippen LogP contribution is -2.02. The summed E-state index contributed by atoms with van der Waals surface area (Å²) in [6.07, 6.45) is 1.92. The van der Waals surface area contributed by atoms with E-state index in [1.807, 2.05) is 49.4 Å². The summed E-state index contributed by atoms with van der Waals surface area (Å²) in [5, 5.41) is 2.44. The lowest BCUT2D eigenvalue weighted by Gasteiger charge is -2.09. The molecule has 0 aromatic heterocycles. The molecule has 0 bridgehead atoms. The monoisotopic (exact) mass is 336 g/mol. The maximum atomic E-state index is 5.84. The number of hydrogen-bond acceptors (Lipinski definition) is 3. The molecule has 0 unspecified atom stereocenters. The largest absolute Gasteiger partial charge is 0.494 e. The van der Waals surface area contributed by atoms with Crippen molar-refractivity contribution in [3.05, 3.63) is 66.7 Å². The smallest absolute Gasteiger partial charge is 0.119 e. The second-order valence-electron chi connectivity index (χ2n) is 5.82. The van der Waals surface area contributed by atoms with Gasteiger partial charge in [-0.2, -0.15) is 0 Å². The molecule has 3 nitrogen and oxygen atoms in total. The van der Waals surface area contributed by atoms with Crippen LogP contribution in [0, 0.1) is 0 Å². The fourth-order valence-electron chi connectivity index (χ4n) is 2.64. The Morgan fingerprint density at radius 1 is 0.600 bits per heavy atom. The molecule has 130 valence electrons. The number of ether oxygens (including phenoxy) is 3. The lowest BCUT2D eigenvalue weighted by molar-refractivity contribution is 0.266. The van der Waals surface area contributed by atoms with E-state index >= 15 is 0 Å². The van der Waals surface area contributed by atoms with Crippen LogP contribution in [-0.2, 0) is 0 Å². The van der Waals surface area contributed by atoms with E-state index in [0.29, 0.717) is 19.8 Å². The summed E-state index contributed by atoms with van der Waals surface area (Å²) in [7, 11) is 0. The van der Waals surface area contributed by atoms with Crippen LogP contribution in [0.4, 0.5) is 0 Å². The molecule has 0 fully saturated rings. The third kappa shape index (κ3) is 5.15. The molecular weight excluding hydrogens is 312 g/mol. The quantitative estimate of drug-likeness (QED) is 0.485. The van der Waals surface area contributed by atoms with E-state index in [0.717, 1.165) is 30.1 Å². The van der Waals surface area contributed by atoms with Crippen molar-refractivity contribution < 1.29 is 14.2 Å². The fraction of sp³-hybridized carbons (Fsp3) is 0.273. The maximum Gasteiger partial charge on any atom is 0.119 e. The predicted octanol–water partition coefficient (Wildman–Crippen LogP) is 5.48. The summed E-state index contributed by atoms with van der Waals surface area (Å²) < 4.78 is 17.0. The molecule has 0 aliphatic carbocycles. The van der Waals surface area contributed by atoms with Crippen LogP contribution >= 0.6 is 0 Å². The first-order chi connectivity index (χ1) is 12.3. The van der Waals surface area contributed by atoms with Crippen LogP contribution in [-0.4, -0.2) is 19.8 Å². The van der Waals surface area contributed by atoms with Gasteiger partial charge in [0.2, 0.25) is 0 Å². The molecule has 3 heteroatoms. The Kier molecular flexibility index (Phi) is 6.16. The molecule has 3 rings (SSSR count). The second-order valence-corrected chi connectivity index (χ2v) is 5.82. The minimum absolute atomic E-state index is 0.678. The number of benzene rings is 3. The maximum absolute atomic E-state index is 5.84. The van der Waals surface area contributed by atoms with Gasteiger partial charge in [0, 0.05) is 0 Å². The molecular formula is C22H24O3. The molecule has 0 saturated heterocycles. The minimum Gasteiger partial charge on any atom is -0.494 e. The molecule has 3 aromatic rings. The molecule has 0 aliphatic heterocycles. The van der Waals surface area contributed by atoms with Crippen LogP contribution in [0.5, 0.6) is 17.2 Å². The summed E-state index contributed by atoms with van der Waals surface area (Å²) >= 11 is 0. The van der Waals surface area contributed by atoms with E-state index in [-0.39, 0.29) is 0 Å². The van der Waals surface area contributed by atoms with Gasteiger partial charge in [0.05, 0.1) is 19.8 Å². The number of unbranched alkanes of at least 4 members (excludes halogenated alkanes) is 1. The van der Waals surface area contributed by atoms with Crippen LogP contribution in [0.2, 0.25) is 0 Å². The number of hydrogen-bond donors (Lipinski definition) is 0. The highest BCUT2D eigenvalue weighted by molar-refractivity contribution is 5.83. The Morgan fingerprint density at radius 3 is 1.84 bits per heavy atom. The molecule has 0 aliphatic rings. The van der Waals surface area contributed by atoms with Crippen molar-refractivity contribution >= 4 is 10.8 Å². The molecule has 0 spiro atoms. The summed E-state index contributed by atoms with van der Waals surface area (Å²) in [5.74, 6) is 2.67. The second kappa shape index (κ2) is 8.97. The van der Waals surface area contributed by atoms with E-state index in [9.17, 15) is 0 Å². The zero-order valence-electron chi connectivity index (χ0n) is 14.6. The first-order valence-corrected chi connectivity index (χ1v) is 8.82. The average Bonchev–Trinajstić information content (AvgIpc) is 2.66. The van der Waals surface area contributed by atoms with Crippen molar-refractivity contribution in [3.63, 3.8) is 0 Å². The van der Waals surface area contributed by atoms with Crippen molar-refractivity contribution in [1.82, 2.24) is 0 Å². The molecule has 25 heavy (non-hydrogen) atoms. The Balaban J connectivity index is 1.35. The Hall–Kier alpha value is -2.68. The van der Waals surface area contributed by atoms with Crippen LogP contribution in [0.1, 0.15) is 19.8 Å². The standard InChI is InChI=1S/C22H24O3/c1-2-23-20-11-13-21(14-12-20)24-15-5-6-16-25-22-10-9-18-7-3-4-8-19(18)17-22/h3-4,7-14,17H,2,5-6,15-16H2,1H3. The van der Waals surface area contributed by atoms with Crippen LogP contribution in [0.25, 0.3) is 10.8 Å². The van der Waals surface area contributed by atoms with Crippen molar-refractivity contribution in [2.45, 2.75) is 19.8 Å². The Morgan fingerprint density at radius 2 is 1.16 bits per heavy atom. The van der Waals surface area contributed by atoms with Crippen molar-refractivity contribution in [2.24, 2.45) is 0 Å². The lowest BCUT2D eigenvalue weighted by atomic mass is 10.1.